The van der Waals surface area contributed by atoms with Crippen LogP contribution in [0.2, 0.25) is 5.02 Å². The first-order valence-electron chi connectivity index (χ1n) is 6.89. The van der Waals surface area contributed by atoms with Gasteiger partial charge in [0.15, 0.2) is 11.6 Å². The number of nitrogens with one attached hydrogen (secondary N) is 1. The normalized spacial score (nSPS) is 11.5. The van der Waals surface area contributed by atoms with Gasteiger partial charge in [-0.25, -0.2) is 9.78 Å². The fourth-order valence-electron chi connectivity index (χ4n) is 2.16. The third kappa shape index (κ3) is 3.48. The highest BCUT2D eigenvalue weighted by Gasteiger charge is 2.31. The molecule has 5 nitrogen and oxygen atoms in total. The average Bonchev–Trinajstić information content (AvgIpc) is 3.04. The maximum Gasteiger partial charge on any atom is 0.416 e. The lowest BCUT2D eigenvalue weighted by atomic mass is 10.1. The molecule has 0 aliphatic heterocycles. The molecular weight excluding hydrogens is 359 g/mol. The molecule has 25 heavy (non-hydrogen) atoms. The van der Waals surface area contributed by atoms with Gasteiger partial charge in [0.25, 0.3) is 0 Å². The molecule has 1 aromatic heterocycles. The molecule has 0 aliphatic rings. The van der Waals surface area contributed by atoms with Gasteiger partial charge in [0.2, 0.25) is 0 Å². The lowest BCUT2D eigenvalue weighted by Gasteiger charge is -2.08. The third-order valence-corrected chi connectivity index (χ3v) is 3.75. The van der Waals surface area contributed by atoms with Crippen molar-refractivity contribution in [2.45, 2.75) is 6.18 Å². The number of alkyl halides is 3. The first kappa shape index (κ1) is 17.0. The number of benzene rings is 2. The number of H-pyrrole nitrogens is 1. The smallest absolute Gasteiger partial charge is 0.416 e. The first-order chi connectivity index (χ1) is 11.8. The van der Waals surface area contributed by atoms with Crippen LogP contribution in [0, 0.1) is 0 Å². The molecule has 2 N–H and O–H groups in total. The number of aromatic nitrogens is 3. The van der Waals surface area contributed by atoms with Gasteiger partial charge in [0, 0.05) is 11.1 Å². The number of aromatic amines is 1. The molecule has 0 amide bonds. The fourth-order valence-corrected chi connectivity index (χ4v) is 2.36. The molecule has 3 aromatic rings. The number of halogens is 4. The summed E-state index contributed by atoms with van der Waals surface area (Å²) in [5.41, 5.74) is -0.177. The van der Waals surface area contributed by atoms with Crippen molar-refractivity contribution in [1.82, 2.24) is 15.2 Å². The van der Waals surface area contributed by atoms with Gasteiger partial charge in [0.05, 0.1) is 16.1 Å². The first-order valence-corrected chi connectivity index (χ1v) is 7.27. The number of hydrogen-bond donors (Lipinski definition) is 2. The molecule has 0 saturated carbocycles. The topological polar surface area (TPSA) is 78.9 Å². The number of carboxylic acid groups (broad SMARTS) is 1. The summed E-state index contributed by atoms with van der Waals surface area (Å²) in [6, 6.07) is 8.68. The summed E-state index contributed by atoms with van der Waals surface area (Å²) in [5.74, 6) is -0.785. The van der Waals surface area contributed by atoms with Crippen LogP contribution < -0.4 is 0 Å². The van der Waals surface area contributed by atoms with Crippen molar-refractivity contribution in [2.75, 3.05) is 0 Å². The van der Waals surface area contributed by atoms with Crippen molar-refractivity contribution < 1.29 is 23.1 Å². The summed E-state index contributed by atoms with van der Waals surface area (Å²) in [7, 11) is 0. The van der Waals surface area contributed by atoms with E-state index >= 15 is 0 Å². The number of hydrogen-bond acceptors (Lipinski definition) is 3. The molecule has 0 unspecified atom stereocenters. The second kappa shape index (κ2) is 6.21. The molecule has 3 rings (SSSR count). The summed E-state index contributed by atoms with van der Waals surface area (Å²) >= 11 is 5.97. The van der Waals surface area contributed by atoms with Crippen LogP contribution in [0.15, 0.2) is 42.5 Å². The summed E-state index contributed by atoms with van der Waals surface area (Å²) in [6.45, 7) is 0. The highest BCUT2D eigenvalue weighted by Crippen LogP contribution is 2.35. The van der Waals surface area contributed by atoms with Crippen molar-refractivity contribution in [3.05, 3.63) is 58.6 Å². The molecule has 0 spiro atoms. The predicted molar refractivity (Wildman–Crippen MR) is 84.2 cm³/mol. The van der Waals surface area contributed by atoms with E-state index in [9.17, 15) is 18.0 Å². The molecule has 128 valence electrons. The number of rotatable bonds is 3. The molecule has 0 aliphatic carbocycles. The van der Waals surface area contributed by atoms with Gasteiger partial charge < -0.3 is 5.11 Å². The number of carboxylic acids is 1. The third-order valence-electron chi connectivity index (χ3n) is 3.42. The van der Waals surface area contributed by atoms with Crippen LogP contribution in [-0.2, 0) is 6.18 Å². The zero-order valence-electron chi connectivity index (χ0n) is 12.3. The molecule has 1 heterocycles. The van der Waals surface area contributed by atoms with Crippen LogP contribution in [-0.4, -0.2) is 26.3 Å². The molecule has 0 fully saturated rings. The summed E-state index contributed by atoms with van der Waals surface area (Å²) in [5, 5.41) is 15.5. The van der Waals surface area contributed by atoms with Crippen molar-refractivity contribution in [1.29, 1.82) is 0 Å². The van der Waals surface area contributed by atoms with E-state index in [1.54, 1.807) is 0 Å². The van der Waals surface area contributed by atoms with E-state index in [1.807, 2.05) is 0 Å². The monoisotopic (exact) mass is 367 g/mol. The van der Waals surface area contributed by atoms with Gasteiger partial charge in [-0.3, -0.25) is 5.10 Å². The Bertz CT molecular complexity index is 937. The largest absolute Gasteiger partial charge is 0.478 e. The van der Waals surface area contributed by atoms with E-state index in [-0.39, 0.29) is 27.8 Å². The van der Waals surface area contributed by atoms with Crippen LogP contribution in [0.25, 0.3) is 22.8 Å². The van der Waals surface area contributed by atoms with Gasteiger partial charge in [-0.1, -0.05) is 23.7 Å². The van der Waals surface area contributed by atoms with Crippen LogP contribution in [0.1, 0.15) is 15.9 Å². The molecule has 0 radical (unpaired) electrons. The lowest BCUT2D eigenvalue weighted by molar-refractivity contribution is -0.137. The van der Waals surface area contributed by atoms with Gasteiger partial charge >= 0.3 is 12.1 Å². The van der Waals surface area contributed by atoms with Gasteiger partial charge in [-0.05, 0) is 30.3 Å². The summed E-state index contributed by atoms with van der Waals surface area (Å²) < 4.78 is 38.6. The van der Waals surface area contributed by atoms with Crippen molar-refractivity contribution in [3.8, 4) is 22.8 Å². The Morgan fingerprint density at radius 2 is 1.80 bits per heavy atom. The van der Waals surface area contributed by atoms with Gasteiger partial charge in [-0.15, -0.1) is 0 Å². The van der Waals surface area contributed by atoms with Crippen molar-refractivity contribution >= 4 is 17.6 Å². The van der Waals surface area contributed by atoms with E-state index in [2.05, 4.69) is 15.2 Å². The predicted octanol–water partition coefficient (Wildman–Crippen LogP) is 4.51. The Morgan fingerprint density at radius 1 is 1.12 bits per heavy atom. The van der Waals surface area contributed by atoms with E-state index in [1.165, 1.54) is 24.3 Å². The average molecular weight is 368 g/mol. The van der Waals surface area contributed by atoms with Crippen LogP contribution in [0.5, 0.6) is 0 Å². The van der Waals surface area contributed by atoms with Gasteiger partial charge in [0.1, 0.15) is 0 Å². The zero-order chi connectivity index (χ0) is 18.2. The van der Waals surface area contributed by atoms with Crippen LogP contribution >= 0.6 is 11.6 Å². The minimum atomic E-state index is -4.51. The standard InChI is InChI=1S/C16H9ClF3N3O2/c17-12-6-5-10(16(18,19)20)7-11(12)14-21-13(22-23-14)8-1-3-9(4-2-8)15(24)25/h1-7H,(H,24,25)(H,21,22,23). The Hall–Kier alpha value is -2.87. The van der Waals surface area contributed by atoms with E-state index in [4.69, 9.17) is 16.7 Å². The molecule has 0 saturated heterocycles. The van der Waals surface area contributed by atoms with Crippen LogP contribution in [0.4, 0.5) is 13.2 Å². The molecule has 0 bridgehead atoms. The van der Waals surface area contributed by atoms with Gasteiger partial charge in [-0.2, -0.15) is 18.3 Å². The number of nitrogens with zero attached hydrogens (tertiary/aromatic N) is 2. The van der Waals surface area contributed by atoms with E-state index in [0.717, 1.165) is 18.2 Å². The summed E-state index contributed by atoms with van der Waals surface area (Å²) in [6.07, 6.45) is -4.51. The van der Waals surface area contributed by atoms with Crippen molar-refractivity contribution in [3.63, 3.8) is 0 Å². The maximum absolute atomic E-state index is 12.9. The SMILES string of the molecule is O=C(O)c1ccc(-c2n[nH]c(-c3cc(C(F)(F)F)ccc3Cl)n2)cc1. The Labute approximate surface area is 144 Å². The second-order valence-electron chi connectivity index (χ2n) is 5.08. The minimum absolute atomic E-state index is 0.0670. The number of aromatic carboxylic acids is 1. The Kier molecular flexibility index (Phi) is 4.22. The Morgan fingerprint density at radius 3 is 2.40 bits per heavy atom. The molecule has 9 heteroatoms. The number of carbonyl (C=O) groups is 1. The highest BCUT2D eigenvalue weighted by atomic mass is 35.5. The Balaban J connectivity index is 1.97. The molecule has 0 atom stereocenters. The lowest BCUT2D eigenvalue weighted by Crippen LogP contribution is -2.05. The van der Waals surface area contributed by atoms with E-state index < -0.39 is 17.7 Å². The zero-order valence-corrected chi connectivity index (χ0v) is 13.1. The van der Waals surface area contributed by atoms with Crippen LogP contribution in [0.3, 0.4) is 0 Å². The quantitative estimate of drug-likeness (QED) is 0.714. The van der Waals surface area contributed by atoms with Crippen molar-refractivity contribution in [2.24, 2.45) is 0 Å². The minimum Gasteiger partial charge on any atom is -0.478 e. The van der Waals surface area contributed by atoms with E-state index in [0.29, 0.717) is 5.56 Å². The summed E-state index contributed by atoms with van der Waals surface area (Å²) in [4.78, 5) is 15.0. The second-order valence-corrected chi connectivity index (χ2v) is 5.49. The highest BCUT2D eigenvalue weighted by molar-refractivity contribution is 6.33. The fraction of sp³-hybridized carbons (Fsp3) is 0.0625. The maximum atomic E-state index is 12.9. The molecule has 2 aromatic carbocycles. The molecular formula is C16H9ClF3N3O2.